The number of piperazine rings is 1. The van der Waals surface area contributed by atoms with Crippen molar-refractivity contribution in [1.29, 1.82) is 0 Å². The summed E-state index contributed by atoms with van der Waals surface area (Å²) in [5.41, 5.74) is 0. The van der Waals surface area contributed by atoms with Gasteiger partial charge in [-0.05, 0) is 45.2 Å². The Morgan fingerprint density at radius 1 is 1.24 bits per heavy atom. The van der Waals surface area contributed by atoms with Crippen LogP contribution < -0.4 is 5.32 Å². The molecule has 2 aliphatic heterocycles. The highest BCUT2D eigenvalue weighted by Gasteiger charge is 2.40. The predicted molar refractivity (Wildman–Crippen MR) is 95.6 cm³/mol. The van der Waals surface area contributed by atoms with Crippen molar-refractivity contribution in [2.45, 2.75) is 70.1 Å². The zero-order chi connectivity index (χ0) is 18.0. The molecule has 2 unspecified atom stereocenters. The van der Waals surface area contributed by atoms with E-state index in [1.165, 1.54) is 19.4 Å². The smallest absolute Gasteiger partial charge is 0.317 e. The monoisotopic (exact) mass is 352 g/mol. The molecule has 25 heavy (non-hydrogen) atoms. The van der Waals surface area contributed by atoms with Gasteiger partial charge in [0, 0.05) is 37.3 Å². The number of hydrogen-bond acceptors (Lipinski definition) is 4. The third kappa shape index (κ3) is 4.08. The molecular formula is C18H32N4O3. The fourth-order valence-corrected chi connectivity index (χ4v) is 4.62. The molecule has 0 aromatic heterocycles. The van der Waals surface area contributed by atoms with Crippen molar-refractivity contribution >= 4 is 12.0 Å². The number of nitrogens with one attached hydrogen (secondary N) is 1. The Kier molecular flexibility index (Phi) is 5.84. The number of carboxylic acid groups (broad SMARTS) is 1. The zero-order valence-electron chi connectivity index (χ0n) is 15.5. The summed E-state index contributed by atoms with van der Waals surface area (Å²) in [4.78, 5) is 30.3. The Bertz CT molecular complexity index is 495. The van der Waals surface area contributed by atoms with E-state index in [2.05, 4.69) is 22.0 Å². The van der Waals surface area contributed by atoms with Gasteiger partial charge in [0.2, 0.25) is 0 Å². The van der Waals surface area contributed by atoms with Gasteiger partial charge in [-0.1, -0.05) is 13.8 Å². The standard InChI is InChI=1S/C18H32N4O3/c1-3-14-10-21-7-5-6-15(21)11-22(14)18(25)19-13-8-16(9-13)20(4-2)12-17(23)24/h13-16H,3-12H2,1-2H3,(H,19,25)(H,23,24). The van der Waals surface area contributed by atoms with E-state index in [4.69, 9.17) is 5.11 Å². The van der Waals surface area contributed by atoms with E-state index in [0.717, 1.165) is 38.9 Å². The Morgan fingerprint density at radius 2 is 2.00 bits per heavy atom. The molecular weight excluding hydrogens is 320 g/mol. The largest absolute Gasteiger partial charge is 0.480 e. The van der Waals surface area contributed by atoms with Gasteiger partial charge in [0.15, 0.2) is 0 Å². The van der Waals surface area contributed by atoms with Gasteiger partial charge >= 0.3 is 12.0 Å². The van der Waals surface area contributed by atoms with Crippen LogP contribution in [0.2, 0.25) is 0 Å². The number of carboxylic acids is 1. The summed E-state index contributed by atoms with van der Waals surface area (Å²) in [6.07, 6.45) is 5.15. The van der Waals surface area contributed by atoms with Gasteiger partial charge in [0.25, 0.3) is 0 Å². The third-order valence-corrected chi connectivity index (χ3v) is 6.23. The number of amides is 2. The number of aliphatic carboxylic acids is 1. The first-order valence-electron chi connectivity index (χ1n) is 9.78. The first-order valence-corrected chi connectivity index (χ1v) is 9.78. The number of carbonyl (C=O) groups excluding carboxylic acids is 1. The lowest BCUT2D eigenvalue weighted by molar-refractivity contribution is -0.139. The first kappa shape index (κ1) is 18.5. The molecule has 1 aliphatic carbocycles. The second-order valence-corrected chi connectivity index (χ2v) is 7.73. The van der Waals surface area contributed by atoms with E-state index in [-0.39, 0.29) is 24.7 Å². The Morgan fingerprint density at radius 3 is 2.64 bits per heavy atom. The highest BCUT2D eigenvalue weighted by molar-refractivity contribution is 5.75. The molecule has 7 nitrogen and oxygen atoms in total. The molecule has 1 saturated carbocycles. The lowest BCUT2D eigenvalue weighted by atomic mass is 9.85. The van der Waals surface area contributed by atoms with Crippen LogP contribution in [0.3, 0.4) is 0 Å². The summed E-state index contributed by atoms with van der Waals surface area (Å²) in [5.74, 6) is -0.783. The highest BCUT2D eigenvalue weighted by Crippen LogP contribution is 2.28. The van der Waals surface area contributed by atoms with Crippen LogP contribution in [0.15, 0.2) is 0 Å². The third-order valence-electron chi connectivity index (χ3n) is 6.23. The fourth-order valence-electron chi connectivity index (χ4n) is 4.62. The summed E-state index contributed by atoms with van der Waals surface area (Å²) in [7, 11) is 0. The average Bonchev–Trinajstić information content (AvgIpc) is 3.01. The normalized spacial score (nSPS) is 32.4. The lowest BCUT2D eigenvalue weighted by Gasteiger charge is -2.46. The molecule has 0 aromatic rings. The minimum absolute atomic E-state index is 0.0723. The molecule has 2 amide bonds. The number of likely N-dealkylation sites (N-methyl/N-ethyl adjacent to an activating group) is 1. The molecule has 0 radical (unpaired) electrons. The molecule has 2 N–H and O–H groups in total. The van der Waals surface area contributed by atoms with E-state index in [0.29, 0.717) is 12.1 Å². The summed E-state index contributed by atoms with van der Waals surface area (Å²) in [6.45, 7) is 8.00. The summed E-state index contributed by atoms with van der Waals surface area (Å²) >= 11 is 0. The molecule has 2 atom stereocenters. The minimum atomic E-state index is -0.783. The van der Waals surface area contributed by atoms with Crippen LogP contribution in [0.1, 0.15) is 46.0 Å². The molecule has 3 aliphatic rings. The van der Waals surface area contributed by atoms with Crippen LogP contribution in [-0.4, -0.2) is 88.7 Å². The van der Waals surface area contributed by atoms with Gasteiger partial charge in [0.05, 0.1) is 6.54 Å². The van der Waals surface area contributed by atoms with Crippen LogP contribution in [0.4, 0.5) is 4.79 Å². The molecule has 3 rings (SSSR count). The number of carbonyl (C=O) groups is 2. The van der Waals surface area contributed by atoms with Crippen LogP contribution in [-0.2, 0) is 4.79 Å². The highest BCUT2D eigenvalue weighted by atomic mass is 16.4. The average molecular weight is 352 g/mol. The Hall–Kier alpha value is -1.34. The van der Waals surface area contributed by atoms with Crippen LogP contribution in [0.5, 0.6) is 0 Å². The van der Waals surface area contributed by atoms with E-state index in [1.54, 1.807) is 0 Å². The molecule has 7 heteroatoms. The molecule has 2 saturated heterocycles. The van der Waals surface area contributed by atoms with E-state index in [9.17, 15) is 9.59 Å². The van der Waals surface area contributed by atoms with Crippen molar-refractivity contribution in [3.05, 3.63) is 0 Å². The van der Waals surface area contributed by atoms with Crippen LogP contribution in [0, 0.1) is 0 Å². The maximum absolute atomic E-state index is 12.8. The van der Waals surface area contributed by atoms with E-state index in [1.807, 2.05) is 11.8 Å². The van der Waals surface area contributed by atoms with Gasteiger partial charge in [0.1, 0.15) is 0 Å². The van der Waals surface area contributed by atoms with Gasteiger partial charge in [-0.25, -0.2) is 4.79 Å². The van der Waals surface area contributed by atoms with Gasteiger partial charge in [-0.3, -0.25) is 14.6 Å². The zero-order valence-corrected chi connectivity index (χ0v) is 15.5. The number of fused-ring (bicyclic) bond motifs is 1. The fraction of sp³-hybridized carbons (Fsp3) is 0.889. The topological polar surface area (TPSA) is 76.1 Å². The number of hydrogen-bond donors (Lipinski definition) is 2. The van der Waals surface area contributed by atoms with Gasteiger partial charge in [-0.2, -0.15) is 0 Å². The van der Waals surface area contributed by atoms with E-state index < -0.39 is 5.97 Å². The number of nitrogens with zero attached hydrogens (tertiary/aromatic N) is 3. The lowest BCUT2D eigenvalue weighted by Crippen LogP contribution is -2.62. The molecule has 0 aromatic carbocycles. The Balaban J connectivity index is 1.48. The maximum Gasteiger partial charge on any atom is 0.317 e. The molecule has 0 spiro atoms. The summed E-state index contributed by atoms with van der Waals surface area (Å²) in [5, 5.41) is 12.2. The second-order valence-electron chi connectivity index (χ2n) is 7.73. The molecule has 0 bridgehead atoms. The number of rotatable bonds is 6. The number of urea groups is 1. The van der Waals surface area contributed by atoms with Gasteiger partial charge < -0.3 is 15.3 Å². The van der Waals surface area contributed by atoms with Crippen LogP contribution >= 0.6 is 0 Å². The van der Waals surface area contributed by atoms with Crippen molar-refractivity contribution in [3.8, 4) is 0 Å². The maximum atomic E-state index is 12.8. The Labute approximate surface area is 150 Å². The molecule has 3 fully saturated rings. The summed E-state index contributed by atoms with van der Waals surface area (Å²) in [6, 6.07) is 1.38. The van der Waals surface area contributed by atoms with Gasteiger partial charge in [-0.15, -0.1) is 0 Å². The molecule has 142 valence electrons. The van der Waals surface area contributed by atoms with E-state index >= 15 is 0 Å². The summed E-state index contributed by atoms with van der Waals surface area (Å²) < 4.78 is 0. The minimum Gasteiger partial charge on any atom is -0.480 e. The van der Waals surface area contributed by atoms with Crippen molar-refractivity contribution in [2.24, 2.45) is 0 Å². The van der Waals surface area contributed by atoms with Crippen molar-refractivity contribution in [1.82, 2.24) is 20.0 Å². The second kappa shape index (κ2) is 7.91. The van der Waals surface area contributed by atoms with Crippen molar-refractivity contribution < 1.29 is 14.7 Å². The SMILES string of the molecule is CCC1CN2CCCC2CN1C(=O)NC1CC(N(CC)CC(=O)O)C1. The quantitative estimate of drug-likeness (QED) is 0.751. The molecule has 2 heterocycles. The van der Waals surface area contributed by atoms with Crippen LogP contribution in [0.25, 0.3) is 0 Å². The van der Waals surface area contributed by atoms with Crippen molar-refractivity contribution in [3.63, 3.8) is 0 Å². The first-order chi connectivity index (χ1) is 12.0. The predicted octanol–water partition coefficient (Wildman–Crippen LogP) is 1.19. The van der Waals surface area contributed by atoms with Crippen molar-refractivity contribution in [2.75, 3.05) is 32.7 Å².